The number of aryl methyl sites for hydroxylation is 4. The van der Waals surface area contributed by atoms with E-state index in [1.165, 1.54) is 17.5 Å². The molecule has 0 aromatic heterocycles. The standard InChI is InChI=1S/C20H25NO3S/c1-15-11-16(2)13-19(12-15)24-10-9-21-25(22,23)20-8-7-17-5-3-4-6-18(17)14-20/h7-8,11-14,21H,3-6,9-10H2,1-2H3. The Labute approximate surface area is 150 Å². The van der Waals surface area contributed by atoms with Gasteiger partial charge in [-0.25, -0.2) is 13.1 Å². The predicted molar refractivity (Wildman–Crippen MR) is 99.7 cm³/mol. The lowest BCUT2D eigenvalue weighted by atomic mass is 9.92. The lowest BCUT2D eigenvalue weighted by molar-refractivity contribution is 0.322. The Morgan fingerprint density at radius 2 is 1.64 bits per heavy atom. The third kappa shape index (κ3) is 4.61. The van der Waals surface area contributed by atoms with Crippen LogP contribution in [0.15, 0.2) is 41.3 Å². The summed E-state index contributed by atoms with van der Waals surface area (Å²) in [7, 11) is -3.49. The van der Waals surface area contributed by atoms with Gasteiger partial charge in [0, 0.05) is 6.54 Å². The molecule has 0 saturated carbocycles. The molecule has 0 heterocycles. The van der Waals surface area contributed by atoms with Crippen molar-refractivity contribution < 1.29 is 13.2 Å². The van der Waals surface area contributed by atoms with Gasteiger partial charge in [-0.05, 0) is 86.1 Å². The van der Waals surface area contributed by atoms with Crippen molar-refractivity contribution in [3.05, 3.63) is 58.7 Å². The molecular weight excluding hydrogens is 334 g/mol. The normalized spacial score (nSPS) is 14.2. The van der Waals surface area contributed by atoms with Gasteiger partial charge in [-0.1, -0.05) is 12.1 Å². The molecule has 0 unspecified atom stereocenters. The lowest BCUT2D eigenvalue weighted by Gasteiger charge is -2.17. The zero-order chi connectivity index (χ0) is 17.9. The van der Waals surface area contributed by atoms with Gasteiger partial charge in [0.1, 0.15) is 12.4 Å². The van der Waals surface area contributed by atoms with Crippen molar-refractivity contribution in [3.8, 4) is 5.75 Å². The molecule has 0 bridgehead atoms. The molecular formula is C20H25NO3S. The molecule has 5 heteroatoms. The van der Waals surface area contributed by atoms with Crippen LogP contribution in [0.2, 0.25) is 0 Å². The molecule has 0 atom stereocenters. The van der Waals surface area contributed by atoms with Crippen LogP contribution < -0.4 is 9.46 Å². The SMILES string of the molecule is Cc1cc(C)cc(OCCNS(=O)(=O)c2ccc3c(c2)CCCC3)c1. The van der Waals surface area contributed by atoms with E-state index in [9.17, 15) is 8.42 Å². The summed E-state index contributed by atoms with van der Waals surface area (Å²) < 4.78 is 33.2. The van der Waals surface area contributed by atoms with Gasteiger partial charge < -0.3 is 4.74 Å². The highest BCUT2D eigenvalue weighted by Crippen LogP contribution is 2.24. The van der Waals surface area contributed by atoms with Crippen molar-refractivity contribution in [1.82, 2.24) is 4.72 Å². The number of ether oxygens (including phenoxy) is 1. The first kappa shape index (κ1) is 18.0. The average Bonchev–Trinajstić information content (AvgIpc) is 2.57. The molecule has 0 spiro atoms. The maximum atomic E-state index is 12.5. The summed E-state index contributed by atoms with van der Waals surface area (Å²) in [5.74, 6) is 0.769. The van der Waals surface area contributed by atoms with E-state index in [-0.39, 0.29) is 6.54 Å². The minimum absolute atomic E-state index is 0.242. The molecule has 0 amide bonds. The van der Waals surface area contributed by atoms with Crippen LogP contribution in [0.1, 0.15) is 35.1 Å². The van der Waals surface area contributed by atoms with E-state index >= 15 is 0 Å². The minimum atomic E-state index is -3.49. The van der Waals surface area contributed by atoms with Crippen LogP contribution in [0, 0.1) is 13.8 Å². The van der Waals surface area contributed by atoms with Crippen LogP contribution in [-0.4, -0.2) is 21.6 Å². The van der Waals surface area contributed by atoms with Crippen molar-refractivity contribution in [1.29, 1.82) is 0 Å². The van der Waals surface area contributed by atoms with E-state index in [4.69, 9.17) is 4.74 Å². The van der Waals surface area contributed by atoms with Crippen LogP contribution in [0.3, 0.4) is 0 Å². The monoisotopic (exact) mass is 359 g/mol. The summed E-state index contributed by atoms with van der Waals surface area (Å²) in [6, 6.07) is 11.5. The van der Waals surface area contributed by atoms with Crippen LogP contribution in [0.4, 0.5) is 0 Å². The number of hydrogen-bond acceptors (Lipinski definition) is 3. The van der Waals surface area contributed by atoms with Gasteiger partial charge in [-0.15, -0.1) is 0 Å². The number of rotatable bonds is 6. The number of sulfonamides is 1. The fourth-order valence-electron chi connectivity index (χ4n) is 3.32. The fourth-order valence-corrected chi connectivity index (χ4v) is 4.38. The third-order valence-corrected chi connectivity index (χ3v) is 5.95. The summed E-state index contributed by atoms with van der Waals surface area (Å²) in [6.07, 6.45) is 4.34. The van der Waals surface area contributed by atoms with Gasteiger partial charge in [0.2, 0.25) is 10.0 Å². The van der Waals surface area contributed by atoms with E-state index < -0.39 is 10.0 Å². The molecule has 0 fully saturated rings. The third-order valence-electron chi connectivity index (χ3n) is 4.49. The summed E-state index contributed by atoms with van der Waals surface area (Å²) in [5.41, 5.74) is 4.71. The molecule has 3 rings (SSSR count). The number of hydrogen-bond donors (Lipinski definition) is 1. The predicted octanol–water partition coefficient (Wildman–Crippen LogP) is 3.54. The Morgan fingerprint density at radius 3 is 2.36 bits per heavy atom. The average molecular weight is 359 g/mol. The highest BCUT2D eigenvalue weighted by molar-refractivity contribution is 7.89. The largest absolute Gasteiger partial charge is 0.492 e. The van der Waals surface area contributed by atoms with Gasteiger partial charge in [0.05, 0.1) is 4.90 Å². The highest BCUT2D eigenvalue weighted by atomic mass is 32.2. The van der Waals surface area contributed by atoms with E-state index in [1.54, 1.807) is 6.07 Å². The first-order valence-electron chi connectivity index (χ1n) is 8.77. The van der Waals surface area contributed by atoms with Crippen LogP contribution in [0.25, 0.3) is 0 Å². The number of nitrogens with one attached hydrogen (secondary N) is 1. The summed E-state index contributed by atoms with van der Waals surface area (Å²) >= 11 is 0. The van der Waals surface area contributed by atoms with E-state index in [2.05, 4.69) is 10.8 Å². The lowest BCUT2D eigenvalue weighted by Crippen LogP contribution is -2.28. The molecule has 0 radical (unpaired) electrons. The van der Waals surface area contributed by atoms with E-state index in [0.717, 1.165) is 36.1 Å². The summed E-state index contributed by atoms with van der Waals surface area (Å²) in [4.78, 5) is 0.347. The second kappa shape index (κ2) is 7.58. The molecule has 25 heavy (non-hydrogen) atoms. The fraction of sp³-hybridized carbons (Fsp3) is 0.400. The molecule has 2 aromatic carbocycles. The van der Waals surface area contributed by atoms with Crippen molar-refractivity contribution >= 4 is 10.0 Å². The second-order valence-corrected chi connectivity index (χ2v) is 8.47. The first-order valence-corrected chi connectivity index (χ1v) is 10.2. The van der Waals surface area contributed by atoms with Crippen molar-refractivity contribution in [3.63, 3.8) is 0 Å². The molecule has 0 saturated heterocycles. The molecule has 2 aromatic rings. The van der Waals surface area contributed by atoms with Crippen LogP contribution in [-0.2, 0) is 22.9 Å². The molecule has 1 aliphatic carbocycles. The van der Waals surface area contributed by atoms with Gasteiger partial charge in [0.15, 0.2) is 0 Å². The molecule has 0 aliphatic heterocycles. The summed E-state index contributed by atoms with van der Waals surface area (Å²) in [6.45, 7) is 4.57. The smallest absolute Gasteiger partial charge is 0.240 e. The Kier molecular flexibility index (Phi) is 5.45. The first-order chi connectivity index (χ1) is 11.9. The van der Waals surface area contributed by atoms with Crippen LogP contribution in [0.5, 0.6) is 5.75 Å². The Bertz CT molecular complexity index is 839. The Morgan fingerprint density at radius 1 is 0.960 bits per heavy atom. The van der Waals surface area contributed by atoms with E-state index in [1.807, 2.05) is 38.1 Å². The van der Waals surface area contributed by atoms with Crippen molar-refractivity contribution in [2.75, 3.05) is 13.2 Å². The minimum Gasteiger partial charge on any atom is -0.492 e. The van der Waals surface area contributed by atoms with Gasteiger partial charge in [-0.3, -0.25) is 0 Å². The van der Waals surface area contributed by atoms with Crippen molar-refractivity contribution in [2.24, 2.45) is 0 Å². The number of fused-ring (bicyclic) bond motifs is 1. The van der Waals surface area contributed by atoms with Crippen molar-refractivity contribution in [2.45, 2.75) is 44.4 Å². The number of benzene rings is 2. The Hall–Kier alpha value is -1.85. The topological polar surface area (TPSA) is 55.4 Å². The molecule has 1 aliphatic rings. The molecule has 134 valence electrons. The quantitative estimate of drug-likeness (QED) is 0.803. The maximum absolute atomic E-state index is 12.5. The molecule has 1 N–H and O–H groups in total. The second-order valence-electron chi connectivity index (χ2n) is 6.71. The molecule has 4 nitrogen and oxygen atoms in total. The van der Waals surface area contributed by atoms with Gasteiger partial charge in [0.25, 0.3) is 0 Å². The summed E-state index contributed by atoms with van der Waals surface area (Å²) in [5, 5.41) is 0. The van der Waals surface area contributed by atoms with Gasteiger partial charge >= 0.3 is 0 Å². The van der Waals surface area contributed by atoms with Gasteiger partial charge in [-0.2, -0.15) is 0 Å². The Balaban J connectivity index is 1.58. The van der Waals surface area contributed by atoms with E-state index in [0.29, 0.717) is 11.5 Å². The zero-order valence-electron chi connectivity index (χ0n) is 14.8. The highest BCUT2D eigenvalue weighted by Gasteiger charge is 2.17. The zero-order valence-corrected chi connectivity index (χ0v) is 15.7. The van der Waals surface area contributed by atoms with Crippen LogP contribution >= 0.6 is 0 Å². The maximum Gasteiger partial charge on any atom is 0.240 e.